The third kappa shape index (κ3) is 5.03. The summed E-state index contributed by atoms with van der Waals surface area (Å²) >= 11 is 3.79. The Morgan fingerprint density at radius 1 is 0.882 bits per heavy atom. The van der Waals surface area contributed by atoms with Gasteiger partial charge in [0.05, 0.1) is 0 Å². The predicted octanol–water partition coefficient (Wildman–Crippen LogP) is 2.35. The standard InChI is InChI=1S/C14H23S2.HI/c1-13(2,3)11-8-10(15-7)9-12(16-11)14(4,5)6;/h8-9H,1-7H3;1H/q+1;/p-1. The van der Waals surface area contributed by atoms with Crippen LogP contribution >= 0.6 is 23.1 Å². The summed E-state index contributed by atoms with van der Waals surface area (Å²) in [6, 6.07) is 4.68. The predicted molar refractivity (Wildman–Crippen MR) is 77.9 cm³/mol. The van der Waals surface area contributed by atoms with E-state index in [0.717, 1.165) is 0 Å². The van der Waals surface area contributed by atoms with Crippen LogP contribution in [0.1, 0.15) is 51.3 Å². The minimum Gasteiger partial charge on any atom is -1.00 e. The molecule has 3 heteroatoms. The van der Waals surface area contributed by atoms with Crippen LogP contribution in [0.4, 0.5) is 0 Å². The van der Waals surface area contributed by atoms with Crippen molar-refractivity contribution in [1.29, 1.82) is 0 Å². The average Bonchev–Trinajstić information content (AvgIpc) is 2.14. The van der Waals surface area contributed by atoms with Crippen molar-refractivity contribution in [3.05, 3.63) is 21.9 Å². The molecule has 17 heavy (non-hydrogen) atoms. The molecule has 1 aromatic rings. The number of halogens is 1. The maximum atomic E-state index is 2.34. The van der Waals surface area contributed by atoms with E-state index in [9.17, 15) is 0 Å². The van der Waals surface area contributed by atoms with Crippen molar-refractivity contribution < 1.29 is 24.0 Å². The van der Waals surface area contributed by atoms with Gasteiger partial charge in [-0.3, -0.25) is 0 Å². The van der Waals surface area contributed by atoms with Gasteiger partial charge in [-0.25, -0.2) is 0 Å². The number of rotatable bonds is 1. The van der Waals surface area contributed by atoms with Gasteiger partial charge in [-0.1, -0.05) is 41.5 Å². The van der Waals surface area contributed by atoms with Crippen LogP contribution < -0.4 is 24.0 Å². The van der Waals surface area contributed by atoms with Crippen LogP contribution in [0.2, 0.25) is 0 Å². The van der Waals surface area contributed by atoms with Crippen LogP contribution in [0.25, 0.3) is 0 Å². The van der Waals surface area contributed by atoms with Gasteiger partial charge in [-0.15, -0.1) is 11.8 Å². The van der Waals surface area contributed by atoms with E-state index in [2.05, 4.69) is 59.9 Å². The van der Waals surface area contributed by atoms with E-state index in [-0.39, 0.29) is 34.8 Å². The molecule has 0 spiro atoms. The van der Waals surface area contributed by atoms with Crippen molar-refractivity contribution in [2.75, 3.05) is 6.26 Å². The first kappa shape index (κ1) is 17.6. The molecule has 1 aromatic heterocycles. The third-order valence-electron chi connectivity index (χ3n) is 2.48. The van der Waals surface area contributed by atoms with E-state index in [1.807, 2.05) is 23.1 Å². The number of thioether (sulfide) groups is 1. The summed E-state index contributed by atoms with van der Waals surface area (Å²) in [5.41, 5.74) is 0.493. The van der Waals surface area contributed by atoms with E-state index < -0.39 is 0 Å². The maximum Gasteiger partial charge on any atom is 0.219 e. The fourth-order valence-electron chi connectivity index (χ4n) is 1.33. The highest BCUT2D eigenvalue weighted by molar-refractivity contribution is 7.98. The second kappa shape index (κ2) is 6.20. The summed E-state index contributed by atoms with van der Waals surface area (Å²) in [5.74, 6) is 0. The molecule has 0 amide bonds. The second-order valence-electron chi connectivity index (χ2n) is 6.23. The van der Waals surface area contributed by atoms with Crippen LogP contribution in [0.5, 0.6) is 0 Å². The zero-order chi connectivity index (χ0) is 12.6. The Kier molecular flexibility index (Phi) is 6.44. The Bertz CT molecular complexity index is 341. The summed E-state index contributed by atoms with van der Waals surface area (Å²) < 4.78 is 0. The van der Waals surface area contributed by atoms with E-state index in [1.165, 1.54) is 14.6 Å². The molecule has 1 heterocycles. The summed E-state index contributed by atoms with van der Waals surface area (Å²) in [4.78, 5) is 4.34. The number of hydrogen-bond acceptors (Lipinski definition) is 1. The Labute approximate surface area is 132 Å². The molecule has 98 valence electrons. The van der Waals surface area contributed by atoms with Crippen LogP contribution in [-0.4, -0.2) is 6.26 Å². The average molecular weight is 382 g/mol. The van der Waals surface area contributed by atoms with Crippen LogP contribution in [0, 0.1) is 0 Å². The molecule has 0 saturated carbocycles. The fraction of sp³-hybridized carbons (Fsp3) is 0.643. The van der Waals surface area contributed by atoms with Crippen LogP contribution in [0.15, 0.2) is 17.0 Å². The van der Waals surface area contributed by atoms with Gasteiger partial charge in [0, 0.05) is 27.9 Å². The minimum atomic E-state index is 0. The van der Waals surface area contributed by atoms with E-state index in [1.54, 1.807) is 0 Å². The van der Waals surface area contributed by atoms with Gasteiger partial charge in [0.1, 0.15) is 0 Å². The van der Waals surface area contributed by atoms with E-state index >= 15 is 0 Å². The molecular formula is C14H23IS2. The molecule has 0 aliphatic carbocycles. The molecule has 1 rings (SSSR count). The quantitative estimate of drug-likeness (QED) is 0.408. The molecule has 0 N–H and O–H groups in total. The van der Waals surface area contributed by atoms with Crippen molar-refractivity contribution in [2.45, 2.75) is 57.3 Å². The monoisotopic (exact) mass is 382 g/mol. The van der Waals surface area contributed by atoms with Crippen molar-refractivity contribution in [2.24, 2.45) is 0 Å². The summed E-state index contributed by atoms with van der Waals surface area (Å²) in [6.07, 6.45) is 2.15. The lowest BCUT2D eigenvalue weighted by atomic mass is 9.93. The van der Waals surface area contributed by atoms with Crippen molar-refractivity contribution in [3.8, 4) is 0 Å². The second-order valence-corrected chi connectivity index (χ2v) is 8.19. The van der Waals surface area contributed by atoms with Crippen molar-refractivity contribution >= 4 is 23.1 Å². The van der Waals surface area contributed by atoms with Gasteiger partial charge in [-0.2, -0.15) is 0 Å². The molecule has 0 aliphatic heterocycles. The number of hydrogen-bond donors (Lipinski definition) is 0. The molecular weight excluding hydrogens is 359 g/mol. The highest BCUT2D eigenvalue weighted by atomic mass is 127. The summed E-state index contributed by atoms with van der Waals surface area (Å²) in [7, 11) is 0. The lowest BCUT2D eigenvalue weighted by Gasteiger charge is -2.15. The zero-order valence-corrected chi connectivity index (χ0v) is 15.6. The minimum absolute atomic E-state index is 0. The van der Waals surface area contributed by atoms with Gasteiger partial charge >= 0.3 is 0 Å². The highest BCUT2D eigenvalue weighted by Gasteiger charge is 2.31. The van der Waals surface area contributed by atoms with Gasteiger partial charge < -0.3 is 24.0 Å². The fourth-order valence-corrected chi connectivity index (χ4v) is 3.18. The molecule has 0 bridgehead atoms. The van der Waals surface area contributed by atoms with Gasteiger partial charge in [0.15, 0.2) is 0 Å². The Hall–Kier alpha value is 0.650. The van der Waals surface area contributed by atoms with Crippen LogP contribution in [0.3, 0.4) is 0 Å². The lowest BCUT2D eigenvalue weighted by Crippen LogP contribution is -3.00. The third-order valence-corrected chi connectivity index (χ3v) is 5.09. The smallest absolute Gasteiger partial charge is 0.219 e. The molecule has 0 radical (unpaired) electrons. The van der Waals surface area contributed by atoms with Gasteiger partial charge in [-0.05, 0) is 6.26 Å². The van der Waals surface area contributed by atoms with Crippen molar-refractivity contribution in [1.82, 2.24) is 0 Å². The maximum absolute atomic E-state index is 2.34. The lowest BCUT2D eigenvalue weighted by molar-refractivity contribution is -0.00000426. The molecule has 0 atom stereocenters. The SMILES string of the molecule is CSc1cc(C(C)(C)C)[s+]c(C(C)(C)C)c1.[I-]. The zero-order valence-electron chi connectivity index (χ0n) is 11.8. The van der Waals surface area contributed by atoms with E-state index in [4.69, 9.17) is 0 Å². The van der Waals surface area contributed by atoms with Crippen molar-refractivity contribution in [3.63, 3.8) is 0 Å². The first-order valence-electron chi connectivity index (χ1n) is 5.68. The molecule has 0 aliphatic rings. The van der Waals surface area contributed by atoms with Crippen LogP contribution in [-0.2, 0) is 10.8 Å². The Balaban J connectivity index is 0.00000256. The van der Waals surface area contributed by atoms with Gasteiger partial charge in [0.2, 0.25) is 21.1 Å². The Morgan fingerprint density at radius 2 is 1.24 bits per heavy atom. The normalized spacial score (nSPS) is 12.2. The first-order valence-corrected chi connectivity index (χ1v) is 7.72. The summed E-state index contributed by atoms with van der Waals surface area (Å²) in [5, 5.41) is 0. The molecule has 0 saturated heterocycles. The first-order chi connectivity index (χ1) is 7.14. The topological polar surface area (TPSA) is 0 Å². The molecule has 0 nitrogen and oxygen atoms in total. The highest BCUT2D eigenvalue weighted by Crippen LogP contribution is 2.37. The molecule has 0 unspecified atom stereocenters. The molecule has 0 fully saturated rings. The Morgan fingerprint density at radius 3 is 1.47 bits per heavy atom. The summed E-state index contributed by atoms with van der Waals surface area (Å²) in [6.45, 7) is 13.7. The largest absolute Gasteiger partial charge is 1.00 e. The molecule has 0 aromatic carbocycles. The van der Waals surface area contributed by atoms with E-state index in [0.29, 0.717) is 0 Å². The van der Waals surface area contributed by atoms with Gasteiger partial charge in [0.25, 0.3) is 0 Å².